The average Bonchev–Trinajstić information content (AvgIpc) is 3.44. The second-order valence-corrected chi connectivity index (χ2v) is 8.46. The van der Waals surface area contributed by atoms with Gasteiger partial charge in [0.25, 0.3) is 5.56 Å². The lowest BCUT2D eigenvalue weighted by molar-refractivity contribution is -0.144. The number of nitrogens with one attached hydrogen (secondary N) is 1. The molecule has 10 nitrogen and oxygen atoms in total. The Morgan fingerprint density at radius 2 is 2.18 bits per heavy atom. The van der Waals surface area contributed by atoms with E-state index in [9.17, 15) is 9.59 Å². The minimum absolute atomic E-state index is 0.0564. The lowest BCUT2D eigenvalue weighted by Crippen LogP contribution is -2.34. The van der Waals surface area contributed by atoms with Crippen molar-refractivity contribution >= 4 is 16.9 Å². The van der Waals surface area contributed by atoms with Crippen molar-refractivity contribution in [2.45, 2.75) is 59.4 Å². The fourth-order valence-electron chi connectivity index (χ4n) is 4.18. The molecular weight excluding hydrogens is 424 g/mol. The highest BCUT2D eigenvalue weighted by Crippen LogP contribution is 2.20. The number of hydrogen-bond donors (Lipinski definition) is 1. The monoisotopic (exact) mass is 454 g/mol. The molecule has 176 valence electrons. The van der Waals surface area contributed by atoms with Crippen molar-refractivity contribution in [1.29, 1.82) is 0 Å². The molecule has 3 aromatic rings. The van der Waals surface area contributed by atoms with Crippen molar-refractivity contribution in [3.05, 3.63) is 51.1 Å². The highest BCUT2D eigenvalue weighted by atomic mass is 16.5. The number of fused-ring (bicyclic) bond motifs is 1. The highest BCUT2D eigenvalue weighted by molar-refractivity contribution is 5.83. The van der Waals surface area contributed by atoms with Gasteiger partial charge in [-0.15, -0.1) is 5.10 Å². The quantitative estimate of drug-likeness (QED) is 0.487. The number of aryl methyl sites for hydroxylation is 2. The largest absolute Gasteiger partial charge is 0.465 e. The van der Waals surface area contributed by atoms with Crippen LogP contribution in [0.15, 0.2) is 23.0 Å². The SMILES string of the molecule is CCOC(=O)Cn1nnnc1CN(Cc1cc2ccc(C)c(C)c2[nH]c1=O)C[C@H]1CCCO1. The molecule has 1 N–H and O–H groups in total. The number of esters is 1. The van der Waals surface area contributed by atoms with Gasteiger partial charge in [-0.2, -0.15) is 0 Å². The number of H-pyrrole nitrogens is 1. The van der Waals surface area contributed by atoms with Gasteiger partial charge in [-0.05, 0) is 66.6 Å². The number of ether oxygens (including phenoxy) is 2. The summed E-state index contributed by atoms with van der Waals surface area (Å²) in [5.41, 5.74) is 3.63. The number of tetrazole rings is 1. The van der Waals surface area contributed by atoms with Crippen LogP contribution in [0.4, 0.5) is 0 Å². The summed E-state index contributed by atoms with van der Waals surface area (Å²) in [6, 6.07) is 6.04. The normalized spacial score (nSPS) is 16.1. The van der Waals surface area contributed by atoms with Crippen molar-refractivity contribution in [1.82, 2.24) is 30.1 Å². The Morgan fingerprint density at radius 1 is 1.33 bits per heavy atom. The number of nitrogens with zero attached hydrogens (tertiary/aromatic N) is 5. The van der Waals surface area contributed by atoms with E-state index in [1.807, 2.05) is 26.0 Å². The molecule has 1 aliphatic rings. The number of hydrogen-bond acceptors (Lipinski definition) is 8. The Hall–Kier alpha value is -3.11. The van der Waals surface area contributed by atoms with Crippen LogP contribution in [0.1, 0.15) is 42.3 Å². The van der Waals surface area contributed by atoms with E-state index in [4.69, 9.17) is 9.47 Å². The number of carbonyl (C=O) groups is 1. The zero-order chi connectivity index (χ0) is 23.4. The average molecular weight is 455 g/mol. The minimum atomic E-state index is -0.395. The first-order valence-corrected chi connectivity index (χ1v) is 11.3. The molecule has 0 amide bonds. The second-order valence-electron chi connectivity index (χ2n) is 8.46. The number of rotatable bonds is 9. The number of pyridine rings is 1. The van der Waals surface area contributed by atoms with Crippen LogP contribution in [0, 0.1) is 13.8 Å². The molecule has 0 aliphatic carbocycles. The van der Waals surface area contributed by atoms with Crippen LogP contribution in [0.3, 0.4) is 0 Å². The van der Waals surface area contributed by atoms with E-state index in [-0.39, 0.29) is 18.2 Å². The summed E-state index contributed by atoms with van der Waals surface area (Å²) in [4.78, 5) is 30.0. The molecule has 2 aromatic heterocycles. The summed E-state index contributed by atoms with van der Waals surface area (Å²) < 4.78 is 12.3. The van der Waals surface area contributed by atoms with E-state index in [1.54, 1.807) is 6.92 Å². The highest BCUT2D eigenvalue weighted by Gasteiger charge is 2.23. The maximum atomic E-state index is 12.9. The van der Waals surface area contributed by atoms with E-state index in [2.05, 4.69) is 31.5 Å². The summed E-state index contributed by atoms with van der Waals surface area (Å²) in [6.07, 6.45) is 2.08. The molecule has 1 fully saturated rings. The van der Waals surface area contributed by atoms with Gasteiger partial charge < -0.3 is 14.5 Å². The van der Waals surface area contributed by atoms with Crippen molar-refractivity contribution in [3.8, 4) is 0 Å². The van der Waals surface area contributed by atoms with E-state index >= 15 is 0 Å². The fourth-order valence-corrected chi connectivity index (χ4v) is 4.18. The number of aromatic nitrogens is 5. The number of benzene rings is 1. The smallest absolute Gasteiger partial charge is 0.327 e. The van der Waals surface area contributed by atoms with Crippen LogP contribution >= 0.6 is 0 Å². The van der Waals surface area contributed by atoms with Crippen molar-refractivity contribution < 1.29 is 14.3 Å². The van der Waals surface area contributed by atoms with Gasteiger partial charge in [0, 0.05) is 25.3 Å². The maximum Gasteiger partial charge on any atom is 0.327 e. The molecule has 4 rings (SSSR count). The van der Waals surface area contributed by atoms with Crippen LogP contribution < -0.4 is 5.56 Å². The van der Waals surface area contributed by atoms with Gasteiger partial charge in [0.05, 0.1) is 24.8 Å². The van der Waals surface area contributed by atoms with Crippen LogP contribution in [0.25, 0.3) is 10.9 Å². The van der Waals surface area contributed by atoms with E-state index in [0.717, 1.165) is 41.5 Å². The summed E-state index contributed by atoms with van der Waals surface area (Å²) in [5.74, 6) is 0.137. The first-order valence-electron chi connectivity index (χ1n) is 11.3. The molecule has 3 heterocycles. The fraction of sp³-hybridized carbons (Fsp3) is 0.522. The molecule has 33 heavy (non-hydrogen) atoms. The predicted octanol–water partition coefficient (Wildman–Crippen LogP) is 1.88. The van der Waals surface area contributed by atoms with E-state index < -0.39 is 5.97 Å². The van der Waals surface area contributed by atoms with E-state index in [1.165, 1.54) is 4.68 Å². The van der Waals surface area contributed by atoms with Crippen LogP contribution in [-0.2, 0) is 33.9 Å². The van der Waals surface area contributed by atoms with Crippen LogP contribution in [0.5, 0.6) is 0 Å². The Bertz CT molecular complexity index is 1180. The maximum absolute atomic E-state index is 12.9. The molecule has 0 unspecified atom stereocenters. The third-order valence-electron chi connectivity index (χ3n) is 6.06. The Kier molecular flexibility index (Phi) is 7.14. The number of carbonyl (C=O) groups excluding carboxylic acids is 1. The zero-order valence-electron chi connectivity index (χ0n) is 19.3. The third kappa shape index (κ3) is 5.45. The molecule has 1 aromatic carbocycles. The van der Waals surface area contributed by atoms with Crippen molar-refractivity contribution in [2.75, 3.05) is 19.8 Å². The van der Waals surface area contributed by atoms with E-state index in [0.29, 0.717) is 37.6 Å². The Morgan fingerprint density at radius 3 is 2.94 bits per heavy atom. The van der Waals surface area contributed by atoms with Gasteiger partial charge in [0.15, 0.2) is 5.82 Å². The minimum Gasteiger partial charge on any atom is -0.465 e. The molecule has 1 atom stereocenters. The Labute approximate surface area is 191 Å². The van der Waals surface area contributed by atoms with Gasteiger partial charge in [-0.25, -0.2) is 4.68 Å². The van der Waals surface area contributed by atoms with Gasteiger partial charge in [0.1, 0.15) is 6.54 Å². The zero-order valence-corrected chi connectivity index (χ0v) is 19.3. The molecular formula is C23H30N6O4. The van der Waals surface area contributed by atoms with Gasteiger partial charge in [-0.3, -0.25) is 14.5 Å². The van der Waals surface area contributed by atoms with Gasteiger partial charge in [-0.1, -0.05) is 12.1 Å². The first kappa shape index (κ1) is 23.1. The predicted molar refractivity (Wildman–Crippen MR) is 122 cm³/mol. The Balaban J connectivity index is 1.59. The summed E-state index contributed by atoms with van der Waals surface area (Å²) in [6.45, 7) is 8.20. The molecule has 0 radical (unpaired) electrons. The van der Waals surface area contributed by atoms with Gasteiger partial charge in [0.2, 0.25) is 0 Å². The molecule has 0 spiro atoms. The van der Waals surface area contributed by atoms with Crippen LogP contribution in [0.2, 0.25) is 0 Å². The van der Waals surface area contributed by atoms with Crippen molar-refractivity contribution in [3.63, 3.8) is 0 Å². The summed E-state index contributed by atoms with van der Waals surface area (Å²) >= 11 is 0. The molecule has 1 saturated heterocycles. The molecule has 1 aliphatic heterocycles. The molecule has 10 heteroatoms. The second kappa shape index (κ2) is 10.2. The molecule has 0 saturated carbocycles. The molecule has 0 bridgehead atoms. The standard InChI is InChI=1S/C23H30N6O4/c1-4-32-21(30)14-29-20(25-26-27-29)13-28(12-19-6-5-9-33-19)11-18-10-17-8-7-15(2)16(3)22(17)24-23(18)31/h7-8,10,19H,4-6,9,11-14H2,1-3H3,(H,24,31)/t19-/m1/s1. The first-order chi connectivity index (χ1) is 15.9. The summed E-state index contributed by atoms with van der Waals surface area (Å²) in [5, 5.41) is 12.8. The lowest BCUT2D eigenvalue weighted by Gasteiger charge is -2.24. The topological polar surface area (TPSA) is 115 Å². The lowest BCUT2D eigenvalue weighted by atomic mass is 10.0. The van der Waals surface area contributed by atoms with Crippen molar-refractivity contribution in [2.24, 2.45) is 0 Å². The van der Waals surface area contributed by atoms with Crippen LogP contribution in [-0.4, -0.2) is 61.9 Å². The third-order valence-corrected chi connectivity index (χ3v) is 6.06. The summed E-state index contributed by atoms with van der Waals surface area (Å²) in [7, 11) is 0. The van der Waals surface area contributed by atoms with Gasteiger partial charge >= 0.3 is 5.97 Å². The number of aromatic amines is 1.